The van der Waals surface area contributed by atoms with Gasteiger partial charge < -0.3 is 5.32 Å². The van der Waals surface area contributed by atoms with E-state index in [0.29, 0.717) is 6.54 Å². The highest BCUT2D eigenvalue weighted by atomic mass is 35.5. The minimum atomic E-state index is -0.489. The number of carbonyl (C=O) groups is 1. The molecular weight excluding hydrogens is 331 g/mol. The fourth-order valence-electron chi connectivity index (χ4n) is 2.33. The number of aromatic nitrogens is 3. The summed E-state index contributed by atoms with van der Waals surface area (Å²) in [7, 11) is 0. The van der Waals surface area contributed by atoms with Gasteiger partial charge in [0.05, 0.1) is 35.6 Å². The van der Waals surface area contributed by atoms with Crippen molar-refractivity contribution in [3.05, 3.63) is 82.9 Å². The summed E-state index contributed by atoms with van der Waals surface area (Å²) in [6.45, 7) is 0.363. The molecule has 5 nitrogen and oxygen atoms in total. The molecule has 3 rings (SSSR count). The van der Waals surface area contributed by atoms with Gasteiger partial charge in [0, 0.05) is 0 Å². The van der Waals surface area contributed by atoms with Gasteiger partial charge in [-0.2, -0.15) is 15.0 Å². The van der Waals surface area contributed by atoms with E-state index in [9.17, 15) is 9.18 Å². The van der Waals surface area contributed by atoms with Gasteiger partial charge in [-0.1, -0.05) is 41.9 Å². The molecule has 1 aromatic heterocycles. The van der Waals surface area contributed by atoms with Gasteiger partial charge in [0.25, 0.3) is 5.91 Å². The Hall–Kier alpha value is -2.73. The lowest BCUT2D eigenvalue weighted by Gasteiger charge is -2.19. The summed E-state index contributed by atoms with van der Waals surface area (Å²) < 4.78 is 13.2. The third-order valence-electron chi connectivity index (χ3n) is 3.50. The second-order valence-electron chi connectivity index (χ2n) is 5.14. The SMILES string of the molecule is O=C(N[C@@H](Cn1nccn1)c1ccccc1)c1ccc(F)cc1Cl. The van der Waals surface area contributed by atoms with Gasteiger partial charge in [0.2, 0.25) is 0 Å². The molecular formula is C17H14ClFN4O. The van der Waals surface area contributed by atoms with Crippen molar-refractivity contribution < 1.29 is 9.18 Å². The molecule has 0 saturated heterocycles. The summed E-state index contributed by atoms with van der Waals surface area (Å²) >= 11 is 5.97. The lowest BCUT2D eigenvalue weighted by Crippen LogP contribution is -2.32. The van der Waals surface area contributed by atoms with Crippen molar-refractivity contribution in [3.8, 4) is 0 Å². The van der Waals surface area contributed by atoms with Crippen molar-refractivity contribution in [2.24, 2.45) is 0 Å². The lowest BCUT2D eigenvalue weighted by atomic mass is 10.1. The molecule has 0 aliphatic heterocycles. The predicted molar refractivity (Wildman–Crippen MR) is 88.1 cm³/mol. The number of carbonyl (C=O) groups excluding carboxylic acids is 1. The topological polar surface area (TPSA) is 59.8 Å². The van der Waals surface area contributed by atoms with Crippen LogP contribution in [0.3, 0.4) is 0 Å². The number of nitrogens with zero attached hydrogens (tertiary/aromatic N) is 3. The van der Waals surface area contributed by atoms with Crippen molar-refractivity contribution in [2.75, 3.05) is 0 Å². The Morgan fingerprint density at radius 2 is 1.88 bits per heavy atom. The summed E-state index contributed by atoms with van der Waals surface area (Å²) in [5, 5.41) is 11.1. The van der Waals surface area contributed by atoms with Crippen LogP contribution >= 0.6 is 11.6 Å². The smallest absolute Gasteiger partial charge is 0.253 e. The highest BCUT2D eigenvalue weighted by molar-refractivity contribution is 6.33. The standard InChI is InChI=1S/C17H14ClFN4O/c18-15-10-13(19)6-7-14(15)17(24)22-16(11-23-20-8-9-21-23)12-4-2-1-3-5-12/h1-10,16H,11H2,(H,22,24)/t16-/m0/s1. The number of benzene rings is 2. The number of hydrogen-bond donors (Lipinski definition) is 1. The summed E-state index contributed by atoms with van der Waals surface area (Å²) in [6.07, 6.45) is 3.14. The van der Waals surface area contributed by atoms with Crippen molar-refractivity contribution in [1.29, 1.82) is 0 Å². The zero-order valence-corrected chi connectivity index (χ0v) is 13.3. The predicted octanol–water partition coefficient (Wildman–Crippen LogP) is 3.24. The van der Waals surface area contributed by atoms with E-state index in [2.05, 4.69) is 15.5 Å². The minimum Gasteiger partial charge on any atom is -0.343 e. The molecule has 0 fully saturated rings. The number of halogens is 2. The van der Waals surface area contributed by atoms with Crippen LogP contribution in [-0.4, -0.2) is 20.9 Å². The molecule has 1 heterocycles. The molecule has 0 aliphatic carbocycles. The van der Waals surface area contributed by atoms with Crippen LogP contribution in [0.2, 0.25) is 5.02 Å². The highest BCUT2D eigenvalue weighted by Crippen LogP contribution is 2.20. The molecule has 2 aromatic carbocycles. The molecule has 1 atom stereocenters. The van der Waals surface area contributed by atoms with Crippen LogP contribution in [0.1, 0.15) is 22.0 Å². The second kappa shape index (κ2) is 7.23. The lowest BCUT2D eigenvalue weighted by molar-refractivity contribution is 0.0931. The van der Waals surface area contributed by atoms with Crippen LogP contribution in [-0.2, 0) is 6.54 Å². The molecule has 122 valence electrons. The summed E-state index contributed by atoms with van der Waals surface area (Å²) in [4.78, 5) is 14.0. The van der Waals surface area contributed by atoms with Gasteiger partial charge in [-0.3, -0.25) is 4.79 Å². The maximum Gasteiger partial charge on any atom is 0.253 e. The zero-order chi connectivity index (χ0) is 16.9. The van der Waals surface area contributed by atoms with E-state index >= 15 is 0 Å². The van der Waals surface area contributed by atoms with Crippen LogP contribution in [0.25, 0.3) is 0 Å². The molecule has 1 N–H and O–H groups in total. The van der Waals surface area contributed by atoms with E-state index in [4.69, 9.17) is 11.6 Å². The normalized spacial score (nSPS) is 11.9. The molecule has 0 aliphatic rings. The largest absolute Gasteiger partial charge is 0.343 e. The fraction of sp³-hybridized carbons (Fsp3) is 0.118. The first-order valence-corrected chi connectivity index (χ1v) is 7.66. The third-order valence-corrected chi connectivity index (χ3v) is 3.81. The number of amides is 1. The first kappa shape index (κ1) is 16.1. The van der Waals surface area contributed by atoms with E-state index in [-0.39, 0.29) is 22.5 Å². The van der Waals surface area contributed by atoms with E-state index in [1.54, 1.807) is 12.4 Å². The summed E-state index contributed by atoms with van der Waals surface area (Å²) in [5.74, 6) is -0.877. The Labute approximate surface area is 143 Å². The Morgan fingerprint density at radius 1 is 1.17 bits per heavy atom. The average Bonchev–Trinajstić information content (AvgIpc) is 3.08. The van der Waals surface area contributed by atoms with Crippen LogP contribution in [0, 0.1) is 5.82 Å². The van der Waals surface area contributed by atoms with Gasteiger partial charge in [0.1, 0.15) is 5.82 Å². The minimum absolute atomic E-state index is 0.0662. The Balaban J connectivity index is 1.84. The van der Waals surface area contributed by atoms with Gasteiger partial charge >= 0.3 is 0 Å². The third kappa shape index (κ3) is 3.78. The molecule has 24 heavy (non-hydrogen) atoms. The van der Waals surface area contributed by atoms with Crippen molar-refractivity contribution in [3.63, 3.8) is 0 Å². The summed E-state index contributed by atoms with van der Waals surface area (Å²) in [5.41, 5.74) is 1.12. The molecule has 7 heteroatoms. The van der Waals surface area contributed by atoms with Crippen molar-refractivity contribution >= 4 is 17.5 Å². The highest BCUT2D eigenvalue weighted by Gasteiger charge is 2.19. The van der Waals surface area contributed by atoms with E-state index in [1.807, 2.05) is 30.3 Å². The average molecular weight is 345 g/mol. The van der Waals surface area contributed by atoms with Crippen LogP contribution in [0.4, 0.5) is 4.39 Å². The van der Waals surface area contributed by atoms with Crippen LogP contribution < -0.4 is 5.32 Å². The molecule has 1 amide bonds. The molecule has 0 bridgehead atoms. The Bertz CT molecular complexity index is 824. The first-order valence-electron chi connectivity index (χ1n) is 7.28. The molecule has 0 saturated carbocycles. The molecule has 0 spiro atoms. The number of rotatable bonds is 5. The number of nitrogens with one attached hydrogen (secondary N) is 1. The van der Waals surface area contributed by atoms with Crippen LogP contribution in [0.5, 0.6) is 0 Å². The Morgan fingerprint density at radius 3 is 2.54 bits per heavy atom. The fourth-order valence-corrected chi connectivity index (χ4v) is 2.58. The molecule has 0 unspecified atom stereocenters. The molecule has 0 radical (unpaired) electrons. The summed E-state index contributed by atoms with van der Waals surface area (Å²) in [6, 6.07) is 12.8. The quantitative estimate of drug-likeness (QED) is 0.773. The van der Waals surface area contributed by atoms with E-state index in [1.165, 1.54) is 16.9 Å². The maximum atomic E-state index is 13.2. The van der Waals surface area contributed by atoms with Gasteiger partial charge in [-0.05, 0) is 23.8 Å². The maximum absolute atomic E-state index is 13.2. The first-order chi connectivity index (χ1) is 11.6. The van der Waals surface area contributed by atoms with Crippen molar-refractivity contribution in [2.45, 2.75) is 12.6 Å². The van der Waals surface area contributed by atoms with Gasteiger partial charge in [0.15, 0.2) is 0 Å². The molecule has 3 aromatic rings. The van der Waals surface area contributed by atoms with E-state index < -0.39 is 5.82 Å². The zero-order valence-electron chi connectivity index (χ0n) is 12.6. The van der Waals surface area contributed by atoms with Crippen molar-refractivity contribution in [1.82, 2.24) is 20.3 Å². The van der Waals surface area contributed by atoms with Gasteiger partial charge in [-0.15, -0.1) is 0 Å². The monoisotopic (exact) mass is 344 g/mol. The number of hydrogen-bond acceptors (Lipinski definition) is 3. The van der Waals surface area contributed by atoms with Gasteiger partial charge in [-0.25, -0.2) is 4.39 Å². The van der Waals surface area contributed by atoms with Crippen LogP contribution in [0.15, 0.2) is 60.9 Å². The van der Waals surface area contributed by atoms with E-state index in [0.717, 1.165) is 11.6 Å². The Kier molecular flexibility index (Phi) is 4.86. The second-order valence-corrected chi connectivity index (χ2v) is 5.55.